The standard InChI is InChI=1S/C16H17F2N/c1-11(13-6-4-3-5-7-13)19-12(2)15-9-8-14(17)10-16(15)18/h3-12,19H,1-2H3/t11-,12?/m1/s1. The molecule has 1 nitrogen and oxygen atoms in total. The molecular weight excluding hydrogens is 244 g/mol. The third-order valence-electron chi connectivity index (χ3n) is 3.23. The number of rotatable bonds is 4. The fourth-order valence-electron chi connectivity index (χ4n) is 2.16. The van der Waals surface area contributed by atoms with Crippen LogP contribution in [-0.4, -0.2) is 0 Å². The van der Waals surface area contributed by atoms with Gasteiger partial charge >= 0.3 is 0 Å². The molecule has 1 N–H and O–H groups in total. The normalized spacial score (nSPS) is 14.1. The van der Waals surface area contributed by atoms with Gasteiger partial charge in [-0.15, -0.1) is 0 Å². The first-order chi connectivity index (χ1) is 9.08. The Labute approximate surface area is 112 Å². The second-order valence-electron chi connectivity index (χ2n) is 4.69. The van der Waals surface area contributed by atoms with E-state index in [1.165, 1.54) is 12.1 Å². The highest BCUT2D eigenvalue weighted by Crippen LogP contribution is 2.21. The maximum absolute atomic E-state index is 13.7. The zero-order valence-corrected chi connectivity index (χ0v) is 11.0. The van der Waals surface area contributed by atoms with Crippen molar-refractivity contribution in [3.63, 3.8) is 0 Å². The monoisotopic (exact) mass is 261 g/mol. The molecule has 0 saturated heterocycles. The first-order valence-corrected chi connectivity index (χ1v) is 6.34. The van der Waals surface area contributed by atoms with Crippen LogP contribution in [0.2, 0.25) is 0 Å². The molecule has 2 aromatic rings. The van der Waals surface area contributed by atoms with E-state index >= 15 is 0 Å². The maximum Gasteiger partial charge on any atom is 0.130 e. The minimum Gasteiger partial charge on any atom is -0.304 e. The largest absolute Gasteiger partial charge is 0.304 e. The summed E-state index contributed by atoms with van der Waals surface area (Å²) in [5.74, 6) is -1.06. The Kier molecular flexibility index (Phi) is 4.27. The minimum absolute atomic E-state index is 0.0978. The van der Waals surface area contributed by atoms with Gasteiger partial charge in [-0.1, -0.05) is 36.4 Å². The summed E-state index contributed by atoms with van der Waals surface area (Å²) >= 11 is 0. The lowest BCUT2D eigenvalue weighted by molar-refractivity contribution is 0.470. The fraction of sp³-hybridized carbons (Fsp3) is 0.250. The summed E-state index contributed by atoms with van der Waals surface area (Å²) in [6.07, 6.45) is 0. The van der Waals surface area contributed by atoms with Crippen molar-refractivity contribution in [2.75, 3.05) is 0 Å². The van der Waals surface area contributed by atoms with Gasteiger partial charge in [-0.25, -0.2) is 8.78 Å². The lowest BCUT2D eigenvalue weighted by Crippen LogP contribution is -2.23. The van der Waals surface area contributed by atoms with Crippen LogP contribution in [-0.2, 0) is 0 Å². The summed E-state index contributed by atoms with van der Waals surface area (Å²) in [5.41, 5.74) is 1.61. The van der Waals surface area contributed by atoms with Crippen LogP contribution >= 0.6 is 0 Å². The maximum atomic E-state index is 13.7. The van der Waals surface area contributed by atoms with E-state index in [9.17, 15) is 8.78 Å². The molecule has 100 valence electrons. The Morgan fingerprint density at radius 3 is 2.21 bits per heavy atom. The zero-order chi connectivity index (χ0) is 13.8. The molecule has 3 heteroatoms. The molecule has 2 atom stereocenters. The summed E-state index contributed by atoms with van der Waals surface area (Å²) in [6, 6.07) is 13.5. The van der Waals surface area contributed by atoms with Crippen LogP contribution in [0.4, 0.5) is 8.78 Å². The van der Waals surface area contributed by atoms with Gasteiger partial charge in [-0.3, -0.25) is 0 Å². The van der Waals surface area contributed by atoms with Crippen LogP contribution in [0.1, 0.15) is 37.1 Å². The smallest absolute Gasteiger partial charge is 0.130 e. The topological polar surface area (TPSA) is 12.0 Å². The van der Waals surface area contributed by atoms with Crippen molar-refractivity contribution in [3.05, 3.63) is 71.3 Å². The van der Waals surface area contributed by atoms with Crippen molar-refractivity contribution in [3.8, 4) is 0 Å². The van der Waals surface area contributed by atoms with E-state index in [0.29, 0.717) is 5.56 Å². The van der Waals surface area contributed by atoms with Crippen molar-refractivity contribution in [1.82, 2.24) is 5.32 Å². The number of benzene rings is 2. The van der Waals surface area contributed by atoms with E-state index in [-0.39, 0.29) is 12.1 Å². The molecular formula is C16H17F2N. The summed E-state index contributed by atoms with van der Waals surface area (Å²) in [4.78, 5) is 0. The molecule has 0 saturated carbocycles. The number of halogens is 2. The molecule has 0 spiro atoms. The SMILES string of the molecule is CC(N[C@H](C)c1ccccc1)c1ccc(F)cc1F. The molecule has 0 radical (unpaired) electrons. The van der Waals surface area contributed by atoms with E-state index in [1.54, 1.807) is 0 Å². The summed E-state index contributed by atoms with van der Waals surface area (Å²) in [7, 11) is 0. The Hall–Kier alpha value is -1.74. The second kappa shape index (κ2) is 5.93. The summed E-state index contributed by atoms with van der Waals surface area (Å²) in [6.45, 7) is 3.89. The van der Waals surface area contributed by atoms with E-state index in [4.69, 9.17) is 0 Å². The predicted octanol–water partition coefficient (Wildman–Crippen LogP) is 4.38. The molecule has 0 aliphatic rings. The molecule has 0 heterocycles. The minimum atomic E-state index is -0.551. The molecule has 0 aliphatic carbocycles. The van der Waals surface area contributed by atoms with Gasteiger partial charge in [-0.2, -0.15) is 0 Å². The van der Waals surface area contributed by atoms with Crippen molar-refractivity contribution in [2.24, 2.45) is 0 Å². The van der Waals surface area contributed by atoms with Gasteiger partial charge in [0.15, 0.2) is 0 Å². The third-order valence-corrected chi connectivity index (χ3v) is 3.23. The van der Waals surface area contributed by atoms with E-state index in [1.807, 2.05) is 44.2 Å². The third kappa shape index (κ3) is 3.38. The Morgan fingerprint density at radius 2 is 1.58 bits per heavy atom. The highest BCUT2D eigenvalue weighted by atomic mass is 19.1. The van der Waals surface area contributed by atoms with Crippen LogP contribution in [0.5, 0.6) is 0 Å². The Morgan fingerprint density at radius 1 is 0.895 bits per heavy atom. The van der Waals surface area contributed by atoms with Crippen molar-refractivity contribution in [2.45, 2.75) is 25.9 Å². The van der Waals surface area contributed by atoms with Crippen LogP contribution in [0.25, 0.3) is 0 Å². The van der Waals surface area contributed by atoms with E-state index in [0.717, 1.165) is 11.6 Å². The van der Waals surface area contributed by atoms with Gasteiger partial charge in [-0.05, 0) is 25.5 Å². The van der Waals surface area contributed by atoms with Crippen LogP contribution in [0.15, 0.2) is 48.5 Å². The predicted molar refractivity (Wildman–Crippen MR) is 72.8 cm³/mol. The molecule has 0 aromatic heterocycles. The van der Waals surface area contributed by atoms with Crippen molar-refractivity contribution >= 4 is 0 Å². The molecule has 2 aromatic carbocycles. The molecule has 0 amide bonds. The molecule has 0 bridgehead atoms. The van der Waals surface area contributed by atoms with Crippen LogP contribution in [0.3, 0.4) is 0 Å². The molecule has 0 fully saturated rings. The quantitative estimate of drug-likeness (QED) is 0.861. The highest BCUT2D eigenvalue weighted by Gasteiger charge is 2.14. The number of hydrogen-bond acceptors (Lipinski definition) is 1. The average molecular weight is 261 g/mol. The van der Waals surface area contributed by atoms with Gasteiger partial charge in [0.05, 0.1) is 0 Å². The van der Waals surface area contributed by atoms with Gasteiger partial charge in [0, 0.05) is 23.7 Å². The first-order valence-electron chi connectivity index (χ1n) is 6.34. The van der Waals surface area contributed by atoms with Gasteiger partial charge in [0.2, 0.25) is 0 Å². The average Bonchev–Trinajstić information content (AvgIpc) is 2.39. The highest BCUT2D eigenvalue weighted by molar-refractivity contribution is 5.23. The lowest BCUT2D eigenvalue weighted by Gasteiger charge is -2.21. The first kappa shape index (κ1) is 13.7. The Balaban J connectivity index is 2.10. The van der Waals surface area contributed by atoms with Crippen molar-refractivity contribution in [1.29, 1.82) is 0 Å². The summed E-state index contributed by atoms with van der Waals surface area (Å²) < 4.78 is 26.6. The summed E-state index contributed by atoms with van der Waals surface area (Å²) in [5, 5.41) is 3.31. The molecule has 19 heavy (non-hydrogen) atoms. The van der Waals surface area contributed by atoms with Gasteiger partial charge < -0.3 is 5.32 Å². The van der Waals surface area contributed by atoms with Gasteiger partial charge in [0.1, 0.15) is 11.6 Å². The molecule has 1 unspecified atom stereocenters. The van der Waals surface area contributed by atoms with E-state index < -0.39 is 11.6 Å². The zero-order valence-electron chi connectivity index (χ0n) is 11.0. The van der Waals surface area contributed by atoms with E-state index in [2.05, 4.69) is 5.32 Å². The van der Waals surface area contributed by atoms with Crippen molar-refractivity contribution < 1.29 is 8.78 Å². The second-order valence-corrected chi connectivity index (χ2v) is 4.69. The van der Waals surface area contributed by atoms with Crippen LogP contribution < -0.4 is 5.32 Å². The number of hydrogen-bond donors (Lipinski definition) is 1. The molecule has 2 rings (SSSR count). The van der Waals surface area contributed by atoms with Crippen LogP contribution in [0, 0.1) is 11.6 Å². The number of nitrogens with one attached hydrogen (secondary N) is 1. The Bertz CT molecular complexity index is 540. The molecule has 0 aliphatic heterocycles. The lowest BCUT2D eigenvalue weighted by atomic mass is 10.0. The fourth-order valence-corrected chi connectivity index (χ4v) is 2.16. The van der Waals surface area contributed by atoms with Gasteiger partial charge in [0.25, 0.3) is 0 Å².